The molecule has 1 heterocycles. The molecule has 0 N–H and O–H groups in total. The second-order valence-corrected chi connectivity index (χ2v) is 15.1. The lowest BCUT2D eigenvalue weighted by molar-refractivity contribution is 1.19. The van der Waals surface area contributed by atoms with Crippen molar-refractivity contribution in [2.45, 2.75) is 0 Å². The Balaban J connectivity index is 1.37. The van der Waals surface area contributed by atoms with Crippen molar-refractivity contribution < 1.29 is 0 Å². The van der Waals surface area contributed by atoms with Gasteiger partial charge in [-0.3, -0.25) is 0 Å². The number of hydrogen-bond acceptors (Lipinski definition) is 0. The Kier molecular flexibility index (Phi) is 5.69. The van der Waals surface area contributed by atoms with Gasteiger partial charge in [0.2, 0.25) is 0 Å². The van der Waals surface area contributed by atoms with Gasteiger partial charge in [-0.05, 0) is 123 Å². The molecule has 1 aromatic heterocycles. The van der Waals surface area contributed by atoms with Crippen LogP contribution in [0.1, 0.15) is 0 Å². The number of fused-ring (bicyclic) bond motifs is 12. The smallest absolute Gasteiger partial charge is 0.0620 e. The van der Waals surface area contributed by atoms with Gasteiger partial charge >= 0.3 is 0 Å². The molecule has 1 nitrogen and oxygen atoms in total. The first-order valence-electron chi connectivity index (χ1n) is 19.2. The molecule has 0 radical (unpaired) electrons. The van der Waals surface area contributed by atoms with E-state index in [4.69, 9.17) is 0 Å². The Labute approximate surface area is 316 Å². The standard InChI is InChI=1S/C54H31N/c1-4-16-32(17-5-1)47-44-30-42-36-23-11-10-22-35(36)38-25-14-26-39(49(38)42)51(44)48(33-18-6-2-7-19-33)52-40-27-15-28-41-50(40)45(53(47)52)31-43-37-24-12-13-29-46(37)55(54(41)43)34-20-8-3-9-21-34/h1-31H. The molecule has 13 rings (SSSR count). The summed E-state index contributed by atoms with van der Waals surface area (Å²) in [7, 11) is 0. The monoisotopic (exact) mass is 693 g/mol. The second kappa shape index (κ2) is 10.7. The molecule has 1 heteroatoms. The molecule has 0 saturated heterocycles. The third-order valence-corrected chi connectivity index (χ3v) is 12.4. The van der Waals surface area contributed by atoms with Gasteiger partial charge in [-0.15, -0.1) is 0 Å². The van der Waals surface area contributed by atoms with Crippen molar-refractivity contribution in [3.63, 3.8) is 0 Å². The van der Waals surface area contributed by atoms with Crippen molar-refractivity contribution in [1.29, 1.82) is 0 Å². The summed E-state index contributed by atoms with van der Waals surface area (Å²) in [5.41, 5.74) is 8.77. The van der Waals surface area contributed by atoms with E-state index in [1.807, 2.05) is 0 Å². The SMILES string of the molecule is c1ccc(-c2c3cc4c5ccccc5c5cccc(c3c(-c3ccccc3)c3c6cccc7c6c(cc6c8ccccc8n(-c8ccccc8)c67)c23)c54)cc1. The Morgan fingerprint density at radius 2 is 0.745 bits per heavy atom. The number of nitrogens with zero attached hydrogens (tertiary/aromatic N) is 1. The Hall–Kier alpha value is -7.22. The summed E-state index contributed by atoms with van der Waals surface area (Å²) >= 11 is 0. The highest BCUT2D eigenvalue weighted by atomic mass is 15.0. The summed E-state index contributed by atoms with van der Waals surface area (Å²) in [6.07, 6.45) is 0. The quantitative estimate of drug-likeness (QED) is 0.162. The first-order chi connectivity index (χ1) is 27.3. The normalized spacial score (nSPS) is 12.4. The van der Waals surface area contributed by atoms with Crippen molar-refractivity contribution in [3.8, 4) is 27.9 Å². The van der Waals surface area contributed by atoms with Gasteiger partial charge in [0.05, 0.1) is 11.0 Å². The fourth-order valence-corrected chi connectivity index (χ4v) is 10.4. The number of para-hydroxylation sites is 2. The maximum Gasteiger partial charge on any atom is 0.0620 e. The van der Waals surface area contributed by atoms with Gasteiger partial charge in [-0.2, -0.15) is 0 Å². The average molecular weight is 694 g/mol. The molecule has 0 amide bonds. The number of benzene rings is 10. The van der Waals surface area contributed by atoms with Gasteiger partial charge in [0.1, 0.15) is 0 Å². The molecule has 0 atom stereocenters. The lowest BCUT2D eigenvalue weighted by atomic mass is 9.84. The minimum atomic E-state index is 1.18. The first kappa shape index (κ1) is 29.3. The Morgan fingerprint density at radius 1 is 0.255 bits per heavy atom. The van der Waals surface area contributed by atoms with Crippen LogP contribution >= 0.6 is 0 Å². The summed E-state index contributed by atoms with van der Waals surface area (Å²) < 4.78 is 2.48. The summed E-state index contributed by atoms with van der Waals surface area (Å²) in [5.74, 6) is 0. The van der Waals surface area contributed by atoms with E-state index in [1.165, 1.54) is 125 Å². The molecular weight excluding hydrogens is 663 g/mol. The molecule has 0 bridgehead atoms. The minimum Gasteiger partial charge on any atom is -0.309 e. The van der Waals surface area contributed by atoms with Gasteiger partial charge < -0.3 is 4.57 Å². The third kappa shape index (κ3) is 3.72. The van der Waals surface area contributed by atoms with Gasteiger partial charge in [0, 0.05) is 21.8 Å². The minimum absolute atomic E-state index is 1.18. The van der Waals surface area contributed by atoms with Crippen molar-refractivity contribution in [2.75, 3.05) is 0 Å². The molecule has 0 aliphatic heterocycles. The van der Waals surface area contributed by atoms with Crippen molar-refractivity contribution in [3.05, 3.63) is 188 Å². The van der Waals surface area contributed by atoms with Crippen LogP contribution in [0.5, 0.6) is 0 Å². The van der Waals surface area contributed by atoms with E-state index in [0.717, 1.165) is 0 Å². The highest BCUT2D eigenvalue weighted by Crippen LogP contribution is 2.55. The third-order valence-electron chi connectivity index (χ3n) is 12.4. The first-order valence-corrected chi connectivity index (χ1v) is 19.2. The molecule has 0 aliphatic rings. The van der Waals surface area contributed by atoms with Crippen LogP contribution in [0, 0.1) is 0 Å². The topological polar surface area (TPSA) is 4.93 Å². The molecule has 0 unspecified atom stereocenters. The van der Waals surface area contributed by atoms with E-state index in [2.05, 4.69) is 193 Å². The van der Waals surface area contributed by atoms with Crippen molar-refractivity contribution in [1.82, 2.24) is 4.57 Å². The molecule has 55 heavy (non-hydrogen) atoms. The molecule has 12 aromatic carbocycles. The predicted molar refractivity (Wildman–Crippen MR) is 237 cm³/mol. The second-order valence-electron chi connectivity index (χ2n) is 15.1. The highest BCUT2D eigenvalue weighted by molar-refractivity contribution is 6.46. The van der Waals surface area contributed by atoms with E-state index in [9.17, 15) is 0 Å². The van der Waals surface area contributed by atoms with E-state index in [1.54, 1.807) is 0 Å². The summed E-state index contributed by atoms with van der Waals surface area (Å²) in [6, 6.07) is 70.1. The highest BCUT2D eigenvalue weighted by Gasteiger charge is 2.28. The molecular formula is C54H31N. The predicted octanol–water partition coefficient (Wildman–Crippen LogP) is 15.1. The van der Waals surface area contributed by atoms with Crippen molar-refractivity contribution in [2.24, 2.45) is 0 Å². The van der Waals surface area contributed by atoms with Crippen LogP contribution in [0.15, 0.2) is 188 Å². The van der Waals surface area contributed by atoms with Crippen molar-refractivity contribution >= 4 is 97.2 Å². The number of rotatable bonds is 3. The summed E-state index contributed by atoms with van der Waals surface area (Å²) in [6.45, 7) is 0. The van der Waals surface area contributed by atoms with E-state index in [0.29, 0.717) is 0 Å². The van der Waals surface area contributed by atoms with E-state index in [-0.39, 0.29) is 0 Å². The molecule has 0 saturated carbocycles. The van der Waals surface area contributed by atoms with Gasteiger partial charge in [-0.25, -0.2) is 0 Å². The average Bonchev–Trinajstić information content (AvgIpc) is 3.89. The van der Waals surface area contributed by atoms with Crippen LogP contribution in [0.3, 0.4) is 0 Å². The van der Waals surface area contributed by atoms with Crippen LogP contribution in [-0.4, -0.2) is 4.57 Å². The van der Waals surface area contributed by atoms with Crippen LogP contribution in [0.2, 0.25) is 0 Å². The van der Waals surface area contributed by atoms with Crippen LogP contribution in [0.25, 0.3) is 125 Å². The van der Waals surface area contributed by atoms with Gasteiger partial charge in [0.15, 0.2) is 0 Å². The van der Waals surface area contributed by atoms with E-state index >= 15 is 0 Å². The van der Waals surface area contributed by atoms with Gasteiger partial charge in [-0.1, -0.05) is 158 Å². The lowest BCUT2D eigenvalue weighted by Crippen LogP contribution is -1.93. The Bertz CT molecular complexity index is 3670. The van der Waals surface area contributed by atoms with Crippen LogP contribution < -0.4 is 0 Å². The zero-order chi connectivity index (χ0) is 35.8. The van der Waals surface area contributed by atoms with Crippen LogP contribution in [-0.2, 0) is 0 Å². The molecule has 13 aromatic rings. The summed E-state index contributed by atoms with van der Waals surface area (Å²) in [5, 5.41) is 21.0. The maximum absolute atomic E-state index is 2.53. The molecule has 0 aliphatic carbocycles. The van der Waals surface area contributed by atoms with Gasteiger partial charge in [0.25, 0.3) is 0 Å². The maximum atomic E-state index is 2.53. The molecule has 0 spiro atoms. The Morgan fingerprint density at radius 3 is 1.47 bits per heavy atom. The zero-order valence-corrected chi connectivity index (χ0v) is 29.8. The number of hydrogen-bond donors (Lipinski definition) is 0. The largest absolute Gasteiger partial charge is 0.309 e. The van der Waals surface area contributed by atoms with E-state index < -0.39 is 0 Å². The molecule has 252 valence electrons. The zero-order valence-electron chi connectivity index (χ0n) is 29.8. The lowest BCUT2D eigenvalue weighted by Gasteiger charge is -2.19. The summed E-state index contributed by atoms with van der Waals surface area (Å²) in [4.78, 5) is 0. The fourth-order valence-electron chi connectivity index (χ4n) is 10.4. The number of aromatic nitrogens is 1. The fraction of sp³-hybridized carbons (Fsp3) is 0. The van der Waals surface area contributed by atoms with Crippen LogP contribution in [0.4, 0.5) is 0 Å². The molecule has 0 fully saturated rings.